The molecule has 6 heteroatoms. The van der Waals surface area contributed by atoms with Gasteiger partial charge in [-0.2, -0.15) is 0 Å². The van der Waals surface area contributed by atoms with Gasteiger partial charge in [-0.15, -0.1) is 0 Å². The Balaban J connectivity index is 1.73. The van der Waals surface area contributed by atoms with Gasteiger partial charge in [-0.1, -0.05) is 23.2 Å². The molecule has 0 radical (unpaired) electrons. The molecule has 0 spiro atoms. The van der Waals surface area contributed by atoms with Gasteiger partial charge in [0, 0.05) is 25.2 Å². The Morgan fingerprint density at radius 2 is 2.23 bits per heavy atom. The number of hydrogen-bond acceptors (Lipinski definition) is 3. The van der Waals surface area contributed by atoms with Crippen molar-refractivity contribution in [2.75, 3.05) is 26.8 Å². The Labute approximate surface area is 141 Å². The van der Waals surface area contributed by atoms with Crippen molar-refractivity contribution in [3.8, 4) is 5.75 Å². The second kappa shape index (κ2) is 8.61. The van der Waals surface area contributed by atoms with E-state index in [1.807, 2.05) is 0 Å². The molecule has 1 saturated heterocycles. The first-order valence-corrected chi connectivity index (χ1v) is 8.25. The Kier molecular flexibility index (Phi) is 6.80. The second-order valence-corrected chi connectivity index (χ2v) is 6.30. The Morgan fingerprint density at radius 1 is 1.41 bits per heavy atom. The monoisotopic (exact) mass is 345 g/mol. The van der Waals surface area contributed by atoms with Gasteiger partial charge in [0.15, 0.2) is 6.61 Å². The van der Waals surface area contributed by atoms with Crippen LogP contribution in [0.4, 0.5) is 0 Å². The fourth-order valence-corrected chi connectivity index (χ4v) is 2.80. The number of hydrogen-bond donors (Lipinski definition) is 0. The summed E-state index contributed by atoms with van der Waals surface area (Å²) in [6.07, 6.45) is 4.57. The molecule has 1 aliphatic rings. The summed E-state index contributed by atoms with van der Waals surface area (Å²) in [6.45, 7) is 1.46. The van der Waals surface area contributed by atoms with E-state index in [1.165, 1.54) is 6.42 Å². The lowest BCUT2D eigenvalue weighted by molar-refractivity contribution is -0.132. The van der Waals surface area contributed by atoms with Gasteiger partial charge in [-0.05, 0) is 43.9 Å². The third-order valence-electron chi connectivity index (χ3n) is 3.73. The average molecular weight is 346 g/mol. The standard InChI is InChI=1S/C16H21Cl2NO3/c1-19(8-7-13-4-2-3-9-21-13)16(20)11-22-15-6-5-12(17)10-14(15)18/h5-6,10,13H,2-4,7-9,11H2,1H3/t13-/m0/s1. The van der Waals surface area contributed by atoms with Crippen molar-refractivity contribution in [1.29, 1.82) is 0 Å². The number of nitrogens with zero attached hydrogens (tertiary/aromatic N) is 1. The molecule has 0 saturated carbocycles. The van der Waals surface area contributed by atoms with Crippen LogP contribution in [0.2, 0.25) is 10.0 Å². The predicted octanol–water partition coefficient (Wildman–Crippen LogP) is 3.79. The van der Waals surface area contributed by atoms with E-state index in [4.69, 9.17) is 32.7 Å². The quantitative estimate of drug-likeness (QED) is 0.787. The predicted molar refractivity (Wildman–Crippen MR) is 87.8 cm³/mol. The maximum Gasteiger partial charge on any atom is 0.260 e. The molecule has 1 amide bonds. The highest BCUT2D eigenvalue weighted by Crippen LogP contribution is 2.27. The smallest absolute Gasteiger partial charge is 0.260 e. The molecule has 1 atom stereocenters. The number of likely N-dealkylation sites (N-methyl/N-ethyl adjacent to an activating group) is 1. The van der Waals surface area contributed by atoms with E-state index >= 15 is 0 Å². The molecule has 1 heterocycles. The van der Waals surface area contributed by atoms with Crippen molar-refractivity contribution in [2.45, 2.75) is 31.8 Å². The van der Waals surface area contributed by atoms with Crippen LogP contribution in [-0.2, 0) is 9.53 Å². The maximum atomic E-state index is 12.1. The molecule has 2 rings (SSSR count). The summed E-state index contributed by atoms with van der Waals surface area (Å²) in [5, 5.41) is 0.937. The topological polar surface area (TPSA) is 38.8 Å². The maximum absolute atomic E-state index is 12.1. The van der Waals surface area contributed by atoms with Gasteiger partial charge in [0.25, 0.3) is 5.91 Å². The van der Waals surface area contributed by atoms with Crippen molar-refractivity contribution < 1.29 is 14.3 Å². The van der Waals surface area contributed by atoms with Crippen molar-refractivity contribution in [3.05, 3.63) is 28.2 Å². The highest BCUT2D eigenvalue weighted by Gasteiger charge is 2.17. The number of carbonyl (C=O) groups is 1. The molecule has 122 valence electrons. The fraction of sp³-hybridized carbons (Fsp3) is 0.562. The van der Waals surface area contributed by atoms with Crippen LogP contribution in [0.25, 0.3) is 0 Å². The number of carbonyl (C=O) groups excluding carboxylic acids is 1. The van der Waals surface area contributed by atoms with Crippen molar-refractivity contribution in [3.63, 3.8) is 0 Å². The molecule has 0 N–H and O–H groups in total. The molecule has 0 aliphatic carbocycles. The van der Waals surface area contributed by atoms with Gasteiger partial charge in [-0.25, -0.2) is 0 Å². The summed E-state index contributed by atoms with van der Waals surface area (Å²) >= 11 is 11.8. The van der Waals surface area contributed by atoms with Crippen LogP contribution in [0.5, 0.6) is 5.75 Å². The van der Waals surface area contributed by atoms with Gasteiger partial charge >= 0.3 is 0 Å². The zero-order valence-electron chi connectivity index (χ0n) is 12.7. The Hall–Kier alpha value is -0.970. The fourth-order valence-electron chi connectivity index (χ4n) is 2.34. The summed E-state index contributed by atoms with van der Waals surface area (Å²) in [6, 6.07) is 4.93. The van der Waals surface area contributed by atoms with E-state index in [9.17, 15) is 4.79 Å². The summed E-state index contributed by atoms with van der Waals surface area (Å²) in [5.41, 5.74) is 0. The first-order chi connectivity index (χ1) is 10.6. The van der Waals surface area contributed by atoms with E-state index in [2.05, 4.69) is 0 Å². The first-order valence-electron chi connectivity index (χ1n) is 7.49. The van der Waals surface area contributed by atoms with Crippen LogP contribution in [0.15, 0.2) is 18.2 Å². The lowest BCUT2D eigenvalue weighted by Gasteiger charge is -2.25. The largest absolute Gasteiger partial charge is 0.482 e. The normalized spacial score (nSPS) is 18.0. The van der Waals surface area contributed by atoms with Crippen LogP contribution in [0, 0.1) is 0 Å². The van der Waals surface area contributed by atoms with E-state index < -0.39 is 0 Å². The average Bonchev–Trinajstić information content (AvgIpc) is 2.52. The number of amides is 1. The highest BCUT2D eigenvalue weighted by molar-refractivity contribution is 6.35. The SMILES string of the molecule is CN(CC[C@@H]1CCCCO1)C(=O)COc1ccc(Cl)cc1Cl. The van der Waals surface area contributed by atoms with Crippen molar-refractivity contribution in [1.82, 2.24) is 4.90 Å². The van der Waals surface area contributed by atoms with E-state index in [1.54, 1.807) is 30.1 Å². The molecule has 22 heavy (non-hydrogen) atoms. The van der Waals surface area contributed by atoms with Gasteiger partial charge in [-0.3, -0.25) is 4.79 Å². The summed E-state index contributed by atoms with van der Waals surface area (Å²) in [4.78, 5) is 13.7. The summed E-state index contributed by atoms with van der Waals surface area (Å²) in [7, 11) is 1.78. The summed E-state index contributed by atoms with van der Waals surface area (Å²) < 4.78 is 11.1. The van der Waals surface area contributed by atoms with Gasteiger partial charge in [0.2, 0.25) is 0 Å². The Morgan fingerprint density at radius 3 is 2.91 bits per heavy atom. The molecule has 0 bridgehead atoms. The van der Waals surface area contributed by atoms with Crippen LogP contribution >= 0.6 is 23.2 Å². The molecule has 1 aromatic carbocycles. The van der Waals surface area contributed by atoms with E-state index in [0.29, 0.717) is 22.3 Å². The Bertz CT molecular complexity index is 504. The molecule has 1 aliphatic heterocycles. The number of rotatable bonds is 6. The zero-order chi connectivity index (χ0) is 15.9. The van der Waals surface area contributed by atoms with Crippen LogP contribution < -0.4 is 4.74 Å². The van der Waals surface area contributed by atoms with Crippen LogP contribution in [0.1, 0.15) is 25.7 Å². The molecule has 0 unspecified atom stereocenters. The minimum Gasteiger partial charge on any atom is -0.482 e. The van der Waals surface area contributed by atoms with Crippen molar-refractivity contribution >= 4 is 29.1 Å². The van der Waals surface area contributed by atoms with Gasteiger partial charge in [0.1, 0.15) is 5.75 Å². The van der Waals surface area contributed by atoms with Crippen LogP contribution in [-0.4, -0.2) is 43.7 Å². The number of benzene rings is 1. The second-order valence-electron chi connectivity index (χ2n) is 5.46. The highest BCUT2D eigenvalue weighted by atomic mass is 35.5. The molecule has 1 fully saturated rings. The van der Waals surface area contributed by atoms with E-state index in [0.717, 1.165) is 25.9 Å². The third kappa shape index (κ3) is 5.34. The first kappa shape index (κ1) is 17.4. The minimum atomic E-state index is -0.0816. The van der Waals surface area contributed by atoms with Crippen molar-refractivity contribution in [2.24, 2.45) is 0 Å². The zero-order valence-corrected chi connectivity index (χ0v) is 14.2. The lowest BCUT2D eigenvalue weighted by atomic mass is 10.1. The van der Waals surface area contributed by atoms with Gasteiger partial charge in [0.05, 0.1) is 11.1 Å². The molecular weight excluding hydrogens is 325 g/mol. The summed E-state index contributed by atoms with van der Waals surface area (Å²) in [5.74, 6) is 0.380. The third-order valence-corrected chi connectivity index (χ3v) is 4.26. The molecule has 1 aromatic rings. The molecular formula is C16H21Cl2NO3. The molecule has 0 aromatic heterocycles. The van der Waals surface area contributed by atoms with Crippen LogP contribution in [0.3, 0.4) is 0 Å². The minimum absolute atomic E-state index is 0.0383. The number of halogens is 2. The number of ether oxygens (including phenoxy) is 2. The lowest BCUT2D eigenvalue weighted by Crippen LogP contribution is -2.34. The van der Waals surface area contributed by atoms with E-state index in [-0.39, 0.29) is 18.6 Å². The molecule has 4 nitrogen and oxygen atoms in total. The van der Waals surface area contributed by atoms with Gasteiger partial charge < -0.3 is 14.4 Å².